The first-order valence-corrected chi connectivity index (χ1v) is 11.4. The van der Waals surface area contributed by atoms with E-state index in [4.69, 9.17) is 9.47 Å². The number of nitriles is 1. The second-order valence-electron chi connectivity index (χ2n) is 6.65. The molecule has 31 heavy (non-hydrogen) atoms. The molecule has 1 saturated heterocycles. The summed E-state index contributed by atoms with van der Waals surface area (Å²) in [5, 5.41) is 9.02. The van der Waals surface area contributed by atoms with Crippen LogP contribution in [0.1, 0.15) is 37.0 Å². The zero-order valence-corrected chi connectivity index (χ0v) is 19.6. The fourth-order valence-corrected chi connectivity index (χ4v) is 4.49. The number of hydrogen-bond acceptors (Lipinski definition) is 6. The van der Waals surface area contributed by atoms with Crippen LogP contribution in [-0.4, -0.2) is 29.2 Å². The van der Waals surface area contributed by atoms with Gasteiger partial charge in [0.15, 0.2) is 11.5 Å². The molecule has 3 rings (SSSR count). The first-order valence-electron chi connectivity index (χ1n) is 9.81. The number of hydrogen-bond donors (Lipinski definition) is 0. The zero-order chi connectivity index (χ0) is 22.4. The Bertz CT molecular complexity index is 1080. The first-order chi connectivity index (χ1) is 15.0. The van der Waals surface area contributed by atoms with Crippen LogP contribution in [0, 0.1) is 11.3 Å². The molecule has 0 unspecified atom stereocenters. The third-order valence-electron chi connectivity index (χ3n) is 4.46. The molecule has 0 aliphatic carbocycles. The highest BCUT2D eigenvalue weighted by molar-refractivity contribution is 9.10. The first kappa shape index (κ1) is 22.9. The fraction of sp³-hybridized carbons (Fsp3) is 0.261. The SMILES string of the molecule is CCCN1C(=O)S/C(=C/c2cc(Br)c(OCc3ccccc3C#N)c(OCC)c2)C1=O. The Morgan fingerprint density at radius 1 is 1.19 bits per heavy atom. The molecule has 0 bridgehead atoms. The molecule has 8 heteroatoms. The van der Waals surface area contributed by atoms with Crippen LogP contribution in [0.3, 0.4) is 0 Å². The number of amides is 2. The van der Waals surface area contributed by atoms with Crippen molar-refractivity contribution in [2.45, 2.75) is 26.9 Å². The Kier molecular flexibility index (Phi) is 7.77. The summed E-state index contributed by atoms with van der Waals surface area (Å²) in [6.07, 6.45) is 2.40. The van der Waals surface area contributed by atoms with Crippen LogP contribution in [0.25, 0.3) is 6.08 Å². The number of rotatable bonds is 8. The normalized spacial score (nSPS) is 14.8. The lowest BCUT2D eigenvalue weighted by Gasteiger charge is -2.15. The van der Waals surface area contributed by atoms with Crippen molar-refractivity contribution < 1.29 is 19.1 Å². The molecular formula is C23H21BrN2O4S. The van der Waals surface area contributed by atoms with E-state index >= 15 is 0 Å². The molecule has 0 aromatic heterocycles. The minimum Gasteiger partial charge on any atom is -0.490 e. The number of nitrogens with zero attached hydrogens (tertiary/aromatic N) is 2. The highest BCUT2D eigenvalue weighted by Crippen LogP contribution is 2.39. The molecule has 2 amide bonds. The predicted octanol–water partition coefficient (Wildman–Crippen LogP) is 5.74. The summed E-state index contributed by atoms with van der Waals surface area (Å²) in [5.74, 6) is 0.732. The van der Waals surface area contributed by atoms with Gasteiger partial charge in [-0.3, -0.25) is 14.5 Å². The molecule has 1 heterocycles. The molecule has 1 aliphatic heterocycles. The summed E-state index contributed by atoms with van der Waals surface area (Å²) < 4.78 is 12.4. The average molecular weight is 501 g/mol. The second kappa shape index (κ2) is 10.5. The van der Waals surface area contributed by atoms with Gasteiger partial charge in [0, 0.05) is 12.1 Å². The van der Waals surface area contributed by atoms with E-state index in [1.165, 1.54) is 4.90 Å². The molecule has 1 aliphatic rings. The number of imide groups is 1. The Balaban J connectivity index is 1.88. The monoisotopic (exact) mass is 500 g/mol. The predicted molar refractivity (Wildman–Crippen MR) is 124 cm³/mol. The Morgan fingerprint density at radius 3 is 2.68 bits per heavy atom. The third kappa shape index (κ3) is 5.30. The highest BCUT2D eigenvalue weighted by atomic mass is 79.9. The van der Waals surface area contributed by atoms with Crippen LogP contribution in [0.4, 0.5) is 4.79 Å². The maximum Gasteiger partial charge on any atom is 0.293 e. The molecule has 2 aromatic carbocycles. The maximum atomic E-state index is 12.5. The van der Waals surface area contributed by atoms with E-state index in [2.05, 4.69) is 22.0 Å². The molecule has 6 nitrogen and oxygen atoms in total. The quantitative estimate of drug-likeness (QED) is 0.429. The van der Waals surface area contributed by atoms with Gasteiger partial charge in [-0.1, -0.05) is 25.1 Å². The second-order valence-corrected chi connectivity index (χ2v) is 8.50. The molecule has 0 spiro atoms. The lowest BCUT2D eigenvalue weighted by atomic mass is 10.1. The maximum absolute atomic E-state index is 12.5. The molecular weight excluding hydrogens is 480 g/mol. The Hall–Kier alpha value is -2.76. The van der Waals surface area contributed by atoms with Gasteiger partial charge in [-0.05, 0) is 70.9 Å². The van der Waals surface area contributed by atoms with Crippen LogP contribution < -0.4 is 9.47 Å². The van der Waals surface area contributed by atoms with E-state index in [-0.39, 0.29) is 17.8 Å². The van der Waals surface area contributed by atoms with Gasteiger partial charge < -0.3 is 9.47 Å². The minimum absolute atomic E-state index is 0.206. The van der Waals surface area contributed by atoms with Crippen LogP contribution in [-0.2, 0) is 11.4 Å². The standard InChI is InChI=1S/C23H21BrN2O4S/c1-3-9-26-22(27)20(31-23(26)28)12-15-10-18(24)21(19(11-15)29-4-2)30-14-17-8-6-5-7-16(17)13-25/h5-8,10-12H,3-4,9,14H2,1-2H3/b20-12+. The fourth-order valence-electron chi connectivity index (χ4n) is 3.05. The van der Waals surface area contributed by atoms with Crippen LogP contribution >= 0.6 is 27.7 Å². The summed E-state index contributed by atoms with van der Waals surface area (Å²) in [6, 6.07) is 13.0. The summed E-state index contributed by atoms with van der Waals surface area (Å²) in [4.78, 5) is 26.2. The van der Waals surface area contributed by atoms with Crippen LogP contribution in [0.2, 0.25) is 0 Å². The van der Waals surface area contributed by atoms with Crippen molar-refractivity contribution in [3.05, 3.63) is 62.5 Å². The smallest absolute Gasteiger partial charge is 0.293 e. The number of benzene rings is 2. The van der Waals surface area contributed by atoms with E-state index in [0.29, 0.717) is 51.6 Å². The summed E-state index contributed by atoms with van der Waals surface area (Å²) in [5.41, 5.74) is 2.03. The molecule has 0 atom stereocenters. The molecule has 0 radical (unpaired) electrons. The van der Waals surface area contributed by atoms with Crippen LogP contribution in [0.5, 0.6) is 11.5 Å². The minimum atomic E-state index is -0.278. The molecule has 1 fully saturated rings. The molecule has 2 aromatic rings. The van der Waals surface area contributed by atoms with Crippen LogP contribution in [0.15, 0.2) is 45.8 Å². The van der Waals surface area contributed by atoms with E-state index in [1.807, 2.05) is 32.0 Å². The molecule has 160 valence electrons. The van der Waals surface area contributed by atoms with E-state index in [1.54, 1.807) is 24.3 Å². The zero-order valence-electron chi connectivity index (χ0n) is 17.2. The highest BCUT2D eigenvalue weighted by Gasteiger charge is 2.34. The summed E-state index contributed by atoms with van der Waals surface area (Å²) >= 11 is 4.46. The van der Waals surface area contributed by atoms with Crippen molar-refractivity contribution in [2.24, 2.45) is 0 Å². The molecule has 0 saturated carbocycles. The van der Waals surface area contributed by atoms with E-state index in [9.17, 15) is 14.9 Å². The number of ether oxygens (including phenoxy) is 2. The van der Waals surface area contributed by atoms with Crippen molar-refractivity contribution in [2.75, 3.05) is 13.2 Å². The summed E-state index contributed by atoms with van der Waals surface area (Å²) in [6.45, 7) is 4.83. The Labute approximate surface area is 194 Å². The number of thioether (sulfide) groups is 1. The molecule has 0 N–H and O–H groups in total. The number of halogens is 1. The number of carbonyl (C=O) groups excluding carboxylic acids is 2. The van der Waals surface area contributed by atoms with E-state index in [0.717, 1.165) is 17.3 Å². The van der Waals surface area contributed by atoms with Crippen molar-refractivity contribution in [3.63, 3.8) is 0 Å². The Morgan fingerprint density at radius 2 is 1.97 bits per heavy atom. The number of carbonyl (C=O) groups is 2. The van der Waals surface area contributed by atoms with Gasteiger partial charge in [-0.15, -0.1) is 0 Å². The van der Waals surface area contributed by atoms with Gasteiger partial charge in [0.1, 0.15) is 6.61 Å². The van der Waals surface area contributed by atoms with Crippen molar-refractivity contribution >= 4 is 44.9 Å². The van der Waals surface area contributed by atoms with Crippen molar-refractivity contribution in [1.82, 2.24) is 4.90 Å². The van der Waals surface area contributed by atoms with Gasteiger partial charge in [-0.2, -0.15) is 5.26 Å². The topological polar surface area (TPSA) is 79.6 Å². The van der Waals surface area contributed by atoms with Gasteiger partial charge in [0.25, 0.3) is 11.1 Å². The van der Waals surface area contributed by atoms with E-state index < -0.39 is 0 Å². The van der Waals surface area contributed by atoms with Crippen molar-refractivity contribution in [1.29, 1.82) is 5.26 Å². The third-order valence-corrected chi connectivity index (χ3v) is 5.96. The lowest BCUT2D eigenvalue weighted by Crippen LogP contribution is -2.28. The van der Waals surface area contributed by atoms with Crippen molar-refractivity contribution in [3.8, 4) is 17.6 Å². The average Bonchev–Trinajstić information content (AvgIpc) is 3.01. The van der Waals surface area contributed by atoms with Gasteiger partial charge >= 0.3 is 0 Å². The summed E-state index contributed by atoms with van der Waals surface area (Å²) in [7, 11) is 0. The van der Waals surface area contributed by atoms with Gasteiger partial charge in [0.05, 0.1) is 27.6 Å². The van der Waals surface area contributed by atoms with Gasteiger partial charge in [0.2, 0.25) is 0 Å². The van der Waals surface area contributed by atoms with Gasteiger partial charge in [-0.25, -0.2) is 0 Å². The lowest BCUT2D eigenvalue weighted by molar-refractivity contribution is -0.122. The largest absolute Gasteiger partial charge is 0.490 e.